The lowest BCUT2D eigenvalue weighted by molar-refractivity contribution is 0.211. The molecule has 1 atom stereocenters. The fourth-order valence-electron chi connectivity index (χ4n) is 5.26. The van der Waals surface area contributed by atoms with Gasteiger partial charge in [-0.05, 0) is 31.0 Å². The molecule has 6 rings (SSSR count). The number of hydrogen-bond donors (Lipinski definition) is 1. The third-order valence-electron chi connectivity index (χ3n) is 7.14. The van der Waals surface area contributed by atoms with Crippen molar-refractivity contribution in [3.63, 3.8) is 0 Å². The Morgan fingerprint density at radius 2 is 1.90 bits per heavy atom. The van der Waals surface area contributed by atoms with Crippen LogP contribution in [-0.4, -0.2) is 58.4 Å². The molecule has 40 heavy (non-hydrogen) atoms. The van der Waals surface area contributed by atoms with E-state index in [0.717, 1.165) is 12.1 Å². The molecule has 208 valence electrons. The summed E-state index contributed by atoms with van der Waals surface area (Å²) in [6.45, 7) is 7.79. The third-order valence-corrected chi connectivity index (χ3v) is 7.43. The van der Waals surface area contributed by atoms with Crippen molar-refractivity contribution in [2.45, 2.75) is 32.7 Å². The van der Waals surface area contributed by atoms with Crippen molar-refractivity contribution in [3.05, 3.63) is 63.3 Å². The van der Waals surface area contributed by atoms with Crippen molar-refractivity contribution in [1.29, 1.82) is 0 Å². The summed E-state index contributed by atoms with van der Waals surface area (Å²) in [5, 5.41) is 3.86. The summed E-state index contributed by atoms with van der Waals surface area (Å²) in [4.78, 5) is 29.8. The molecule has 0 spiro atoms. The number of aromatic nitrogens is 4. The molecule has 3 aromatic heterocycles. The van der Waals surface area contributed by atoms with Gasteiger partial charge in [-0.15, -0.1) is 0 Å². The molecule has 4 aromatic rings. The molecule has 9 nitrogen and oxygen atoms in total. The maximum Gasteiger partial charge on any atom is 0.356 e. The van der Waals surface area contributed by atoms with E-state index in [1.54, 1.807) is 18.3 Å². The van der Waals surface area contributed by atoms with E-state index in [9.17, 15) is 9.18 Å². The van der Waals surface area contributed by atoms with Crippen LogP contribution in [0.1, 0.15) is 32.4 Å². The zero-order valence-electron chi connectivity index (χ0n) is 22.2. The number of ether oxygens (including phenoxy) is 2. The van der Waals surface area contributed by atoms with Crippen LogP contribution in [-0.2, 0) is 0 Å². The van der Waals surface area contributed by atoms with E-state index < -0.39 is 17.3 Å². The zero-order valence-corrected chi connectivity index (χ0v) is 22.9. The van der Waals surface area contributed by atoms with Gasteiger partial charge in [0.05, 0.1) is 27.4 Å². The summed E-state index contributed by atoms with van der Waals surface area (Å²) in [6, 6.07) is 5.23. The Balaban J connectivity index is 1.78. The van der Waals surface area contributed by atoms with Gasteiger partial charge in [0, 0.05) is 37.9 Å². The lowest BCUT2D eigenvalue weighted by atomic mass is 10.1. The Morgan fingerprint density at radius 3 is 2.67 bits per heavy atom. The van der Waals surface area contributed by atoms with Crippen LogP contribution >= 0.6 is 11.6 Å². The second kappa shape index (κ2) is 10.3. The fourth-order valence-corrected chi connectivity index (χ4v) is 5.51. The van der Waals surface area contributed by atoms with Gasteiger partial charge in [0.2, 0.25) is 0 Å². The first-order valence-electron chi connectivity index (χ1n) is 13.1. The monoisotopic (exact) mass is 568 g/mol. The number of nitrogens with zero attached hydrogens (tertiary/aromatic N) is 5. The molecular weight excluding hydrogens is 542 g/mol. The molecule has 0 unspecified atom stereocenters. The molecule has 0 aliphatic carbocycles. The minimum Gasteiger partial charge on any atom is -0.488 e. The number of pyridine rings is 2. The summed E-state index contributed by atoms with van der Waals surface area (Å²) < 4.78 is 43.4. The van der Waals surface area contributed by atoms with Crippen molar-refractivity contribution >= 4 is 28.5 Å². The number of rotatable bonds is 2. The molecule has 0 amide bonds. The highest BCUT2D eigenvalue weighted by atomic mass is 35.5. The highest BCUT2D eigenvalue weighted by Gasteiger charge is 2.29. The van der Waals surface area contributed by atoms with Crippen LogP contribution in [0.2, 0.25) is 5.02 Å². The maximum absolute atomic E-state index is 15.3. The smallest absolute Gasteiger partial charge is 0.356 e. The van der Waals surface area contributed by atoms with Crippen LogP contribution in [0.4, 0.5) is 14.6 Å². The molecular formula is C28H27ClF2N6O3. The first kappa shape index (κ1) is 26.4. The minimum atomic E-state index is -0.777. The van der Waals surface area contributed by atoms with Gasteiger partial charge in [-0.25, -0.2) is 23.1 Å². The Kier molecular flexibility index (Phi) is 6.79. The lowest BCUT2D eigenvalue weighted by Gasteiger charge is -2.35. The highest BCUT2D eigenvalue weighted by Crippen LogP contribution is 2.41. The van der Waals surface area contributed by atoms with Crippen molar-refractivity contribution in [2.75, 3.05) is 37.7 Å². The standard InChI is InChI=1S/C28H27ClF2N6O3/c1-14(2)22-24-20(6-7-33-22)39-10-11-40-25-19(31)5-4-18(30)21(25)23-17(29)12-16-26(36-9-8-32-13-15(36)3)35-28(38)37(24)27(16)34-23/h4-7,12,14-15,32H,8-11,13H2,1-3H3/t15-/m0/s1. The third kappa shape index (κ3) is 4.33. The molecule has 2 aliphatic heterocycles. The Morgan fingerprint density at radius 1 is 1.12 bits per heavy atom. The van der Waals surface area contributed by atoms with Crippen LogP contribution < -0.4 is 25.4 Å². The fraction of sp³-hybridized carbons (Fsp3) is 0.357. The summed E-state index contributed by atoms with van der Waals surface area (Å²) in [5.74, 6) is -1.22. The molecule has 0 radical (unpaired) electrons. The van der Waals surface area contributed by atoms with Gasteiger partial charge in [0.1, 0.15) is 36.3 Å². The van der Waals surface area contributed by atoms with Gasteiger partial charge in [0.25, 0.3) is 0 Å². The normalized spacial score (nSPS) is 17.1. The topological polar surface area (TPSA) is 94.4 Å². The van der Waals surface area contributed by atoms with Crippen molar-refractivity contribution in [3.8, 4) is 28.4 Å². The lowest BCUT2D eigenvalue weighted by Crippen LogP contribution is -2.50. The van der Waals surface area contributed by atoms with Gasteiger partial charge in [0.15, 0.2) is 17.2 Å². The van der Waals surface area contributed by atoms with Crippen LogP contribution in [0, 0.1) is 11.6 Å². The highest BCUT2D eigenvalue weighted by molar-refractivity contribution is 6.34. The van der Waals surface area contributed by atoms with Gasteiger partial charge in [-0.1, -0.05) is 25.4 Å². The number of benzene rings is 1. The van der Waals surface area contributed by atoms with E-state index >= 15 is 4.39 Å². The molecule has 12 heteroatoms. The molecule has 5 heterocycles. The molecule has 1 saturated heterocycles. The predicted octanol–water partition coefficient (Wildman–Crippen LogP) is 4.47. The average molecular weight is 569 g/mol. The Labute approximate surface area is 233 Å². The molecule has 1 aromatic carbocycles. The number of piperazine rings is 1. The second-order valence-electron chi connectivity index (χ2n) is 10.1. The zero-order chi connectivity index (χ0) is 28.1. The van der Waals surface area contributed by atoms with E-state index in [1.165, 1.54) is 4.57 Å². The molecule has 1 fully saturated rings. The van der Waals surface area contributed by atoms with Crippen molar-refractivity contribution in [1.82, 2.24) is 24.8 Å². The number of hydrogen-bond acceptors (Lipinski definition) is 8. The van der Waals surface area contributed by atoms with E-state index in [1.807, 2.05) is 25.7 Å². The van der Waals surface area contributed by atoms with Crippen LogP contribution in [0.15, 0.2) is 35.3 Å². The van der Waals surface area contributed by atoms with Crippen LogP contribution in [0.25, 0.3) is 28.0 Å². The summed E-state index contributed by atoms with van der Waals surface area (Å²) in [6.07, 6.45) is 1.60. The van der Waals surface area contributed by atoms with Crippen LogP contribution in [0.5, 0.6) is 11.5 Å². The summed E-state index contributed by atoms with van der Waals surface area (Å²) in [7, 11) is 0. The Hall–Kier alpha value is -3.83. The first-order chi connectivity index (χ1) is 19.3. The van der Waals surface area contributed by atoms with Crippen molar-refractivity contribution in [2.24, 2.45) is 0 Å². The number of fused-ring (bicyclic) bond motifs is 5. The number of anilines is 1. The van der Waals surface area contributed by atoms with Gasteiger partial charge < -0.3 is 19.7 Å². The molecule has 2 bridgehead atoms. The second-order valence-corrected chi connectivity index (χ2v) is 10.5. The number of nitrogens with one attached hydrogen (secondary N) is 1. The van der Waals surface area contributed by atoms with Gasteiger partial charge >= 0.3 is 5.69 Å². The largest absolute Gasteiger partial charge is 0.488 e. The molecule has 0 saturated carbocycles. The minimum absolute atomic E-state index is 0.0132. The quantitative estimate of drug-likeness (QED) is 0.379. The molecule has 1 N–H and O–H groups in total. The average Bonchev–Trinajstić information content (AvgIpc) is 2.92. The predicted molar refractivity (Wildman–Crippen MR) is 148 cm³/mol. The Bertz CT molecular complexity index is 1700. The number of halogens is 3. The van der Waals surface area contributed by atoms with Gasteiger partial charge in [-0.2, -0.15) is 4.98 Å². The summed E-state index contributed by atoms with van der Waals surface area (Å²) in [5.41, 5.74) is 0.215. The SMILES string of the molecule is CC(C)c1nccc2c1-n1c(=O)nc(N3CCNC[C@@H]3C)c3cc(Cl)c(nc31)-c1c(F)ccc(F)c1OCCO2. The van der Waals surface area contributed by atoms with Gasteiger partial charge in [-0.3, -0.25) is 4.98 Å². The van der Waals surface area contributed by atoms with E-state index in [4.69, 9.17) is 26.1 Å². The van der Waals surface area contributed by atoms with Crippen molar-refractivity contribution < 1.29 is 18.3 Å². The first-order valence-corrected chi connectivity index (χ1v) is 13.5. The summed E-state index contributed by atoms with van der Waals surface area (Å²) >= 11 is 6.76. The maximum atomic E-state index is 15.3. The van der Waals surface area contributed by atoms with Crippen LogP contribution in [0.3, 0.4) is 0 Å². The van der Waals surface area contributed by atoms with E-state index in [0.29, 0.717) is 48.0 Å². The van der Waals surface area contributed by atoms with E-state index in [-0.39, 0.29) is 52.9 Å². The van der Waals surface area contributed by atoms with E-state index in [2.05, 4.69) is 15.3 Å². The molecule has 2 aliphatic rings.